The van der Waals surface area contributed by atoms with Gasteiger partial charge in [-0.3, -0.25) is 64.6 Å². The fraction of sp³-hybridized carbons (Fsp3) is 0.225. The molecule has 4 saturated heterocycles. The lowest BCUT2D eigenvalue weighted by Crippen LogP contribution is -2.56. The van der Waals surface area contributed by atoms with E-state index in [4.69, 9.17) is 18.9 Å². The first kappa shape index (κ1) is 82.6. The highest BCUT2D eigenvalue weighted by atomic mass is 16.5. The van der Waals surface area contributed by atoms with E-state index in [0.717, 1.165) is 50.5 Å². The summed E-state index contributed by atoms with van der Waals surface area (Å²) in [7, 11) is 6.11. The standard InChI is InChI=1S/C23H20N6O4.C23H19N5O4.C22H17N5O5.C21H18N4O4/c1-12-14(9-24-19-18(12)25-13(2)26-19)6-7-23(21(31)27-22(32)28-23)11-29-10-15-4-5-16(33-3)8-17(15)20(29)30;1-14-10-27-11-15(3-6-19(27)24-14)7-8-23(21(30)25-22(31)26-23)13-28-12-16-4-5-17(32-2)9-18(16)20(28)29;1-32-14-4-3-13-10-27(18(28)15(13)9-14)11-22(19(29)25-21(31)26-22)7-6-12-2-5-16-17(8-12)24-20(30)23-16;1-29-16-5-4-15-7-10-25(18(26)17(15)11-16)13-21(19(27)23-20(28)24-21)8-6-14-3-2-9-22-12-14/h4-5,8-9H,10-11H2,1-3H3,(H,24,25,26)(H2,27,28,31,32);3-6,9-11H,12-13H2,1-2H3,(H2,25,26,30,31);2-5,8-9H,10-11H2,1H3,(H2,23,24,30)(H2,25,26,29,31);2-5,9,11-12H,7,10,13H2,1H3,(H2,23,24,27,28)/t2*23-;22-;/m111./s1. The van der Waals surface area contributed by atoms with Crippen molar-refractivity contribution in [1.29, 1.82) is 0 Å². The number of carbonyl (C=O) groups is 12. The van der Waals surface area contributed by atoms with Gasteiger partial charge in [-0.25, -0.2) is 38.9 Å². The van der Waals surface area contributed by atoms with E-state index in [9.17, 15) is 62.3 Å². The molecule has 0 bridgehead atoms. The Labute approximate surface area is 714 Å². The van der Waals surface area contributed by atoms with Crippen molar-refractivity contribution in [2.75, 3.05) is 61.2 Å². The number of ether oxygens (including phenoxy) is 4. The molecule has 11 N–H and O–H groups in total. The number of imide groups is 4. The molecule has 4 atom stereocenters. The zero-order valence-electron chi connectivity index (χ0n) is 68.2. The number of H-pyrrole nitrogens is 3. The maximum absolute atomic E-state index is 13.0. The molecule has 37 heteroatoms. The molecule has 37 nitrogen and oxygen atoms in total. The normalized spacial score (nSPS) is 19.6. The Balaban J connectivity index is 0.000000124. The van der Waals surface area contributed by atoms with Crippen LogP contribution in [-0.4, -0.2) is 214 Å². The Morgan fingerprint density at radius 3 is 1.31 bits per heavy atom. The van der Waals surface area contributed by atoms with Crippen molar-refractivity contribution in [2.45, 2.75) is 69.0 Å². The Hall–Kier alpha value is -17.1. The van der Waals surface area contributed by atoms with Crippen LogP contribution in [0.4, 0.5) is 19.2 Å². The van der Waals surface area contributed by atoms with Crippen LogP contribution in [0, 0.1) is 68.1 Å². The first-order valence-corrected chi connectivity index (χ1v) is 38.9. The number of aromatic nitrogens is 8. The van der Waals surface area contributed by atoms with Crippen LogP contribution >= 0.6 is 0 Å². The van der Waals surface area contributed by atoms with Crippen molar-refractivity contribution in [2.24, 2.45) is 0 Å². The number of fused-ring (bicyclic) bond motifs is 7. The molecule has 126 heavy (non-hydrogen) atoms. The van der Waals surface area contributed by atoms with Crippen LogP contribution < -0.4 is 67.2 Å². The number of methoxy groups -OCH3 is 4. The Morgan fingerprint density at radius 2 is 0.849 bits per heavy atom. The van der Waals surface area contributed by atoms with Gasteiger partial charge in [0.1, 0.15) is 34.5 Å². The van der Waals surface area contributed by atoms with Crippen LogP contribution in [0.5, 0.6) is 23.0 Å². The molecule has 8 aliphatic rings. The quantitative estimate of drug-likeness (QED) is 0.0615. The maximum Gasteiger partial charge on any atom is 0.323 e. The lowest BCUT2D eigenvalue weighted by Gasteiger charge is -2.33. The van der Waals surface area contributed by atoms with Gasteiger partial charge in [0.15, 0.2) is 5.65 Å². The highest BCUT2D eigenvalue weighted by Crippen LogP contribution is 2.34. The number of pyridine rings is 3. The second-order valence-electron chi connectivity index (χ2n) is 30.3. The summed E-state index contributed by atoms with van der Waals surface area (Å²) in [5.41, 5.74) is 6.10. The highest BCUT2D eigenvalue weighted by Gasteiger charge is 2.53. The van der Waals surface area contributed by atoms with Crippen LogP contribution in [0.1, 0.15) is 103 Å². The minimum absolute atomic E-state index is 0.0622. The summed E-state index contributed by atoms with van der Waals surface area (Å²) in [6, 6.07) is 30.6. The maximum atomic E-state index is 13.0. The smallest absolute Gasteiger partial charge is 0.323 e. The number of nitrogens with zero attached hydrogens (tertiary/aromatic N) is 9. The number of hydrogen-bond acceptors (Lipinski definition) is 21. The minimum Gasteiger partial charge on any atom is -0.497 e. The summed E-state index contributed by atoms with van der Waals surface area (Å²) in [6.45, 7) is 6.52. The third kappa shape index (κ3) is 16.3. The third-order valence-corrected chi connectivity index (χ3v) is 21.9. The Kier molecular flexibility index (Phi) is 21.7. The second-order valence-corrected chi connectivity index (χ2v) is 30.3. The number of amides is 16. The molecule has 5 aromatic carbocycles. The second kappa shape index (κ2) is 33.1. The first-order valence-electron chi connectivity index (χ1n) is 38.9. The molecule has 11 aromatic rings. The zero-order chi connectivity index (χ0) is 88.7. The van der Waals surface area contributed by atoms with E-state index in [1.165, 1.54) is 48.0 Å². The van der Waals surface area contributed by atoms with E-state index >= 15 is 0 Å². The number of rotatable bonds is 12. The number of aryl methyl sites for hydroxylation is 3. The Morgan fingerprint density at radius 1 is 0.421 bits per heavy atom. The fourth-order valence-corrected chi connectivity index (χ4v) is 15.4. The SMILES string of the molecule is COc1ccc2c(c1)C(=O)N(CC1(C#Cc3cccnc3)NC(=O)NC1=O)CC2.COc1ccc2c(c1)C(=O)N(C[C@@]1(C#Cc3ccc4[nH]c(=O)[nH]c4c3)NC(=O)NC1=O)C2.COc1ccc2c(c1)C(=O)N(C[C@@]1(C#Cc3ccc4nc(C)cn4c3)NC(=O)NC1=O)C2.COc1ccc2c(c1)C(=O)N(C[C@@]1(C#Cc3cnc4nc(C)[nH]c4c3C)NC(=O)NC1=O)C2. The van der Waals surface area contributed by atoms with Gasteiger partial charge in [-0.2, -0.15) is 0 Å². The molecule has 19 rings (SSSR count). The third-order valence-electron chi connectivity index (χ3n) is 21.9. The van der Waals surface area contributed by atoms with Crippen LogP contribution in [0.2, 0.25) is 0 Å². The average Bonchev–Trinajstić information content (AvgIpc) is 1.61. The van der Waals surface area contributed by atoms with E-state index in [1.807, 2.05) is 61.7 Å². The monoisotopic (exact) mass is 1690 g/mol. The predicted octanol–water partition coefficient (Wildman–Crippen LogP) is 3.57. The van der Waals surface area contributed by atoms with Crippen molar-refractivity contribution in [3.63, 3.8) is 0 Å². The number of imidazole rings is 3. The molecule has 632 valence electrons. The number of carbonyl (C=O) groups excluding carboxylic acids is 12. The number of benzene rings is 5. The zero-order valence-corrected chi connectivity index (χ0v) is 68.2. The van der Waals surface area contributed by atoms with Gasteiger partial charge < -0.3 is 79.2 Å². The molecule has 6 aromatic heterocycles. The Bertz CT molecular complexity index is 6890. The number of nitrogens with one attached hydrogen (secondary N) is 11. The van der Waals surface area contributed by atoms with Crippen molar-refractivity contribution in [3.05, 3.63) is 241 Å². The lowest BCUT2D eigenvalue weighted by molar-refractivity contribution is -0.123. The average molecular weight is 1700 g/mol. The number of hydrogen-bond donors (Lipinski definition) is 11. The van der Waals surface area contributed by atoms with E-state index in [2.05, 4.69) is 125 Å². The number of urea groups is 4. The van der Waals surface area contributed by atoms with Gasteiger partial charge in [-0.15, -0.1) is 0 Å². The van der Waals surface area contributed by atoms with E-state index in [1.54, 1.807) is 110 Å². The van der Waals surface area contributed by atoms with Gasteiger partial charge in [-0.1, -0.05) is 71.6 Å². The summed E-state index contributed by atoms with van der Waals surface area (Å²) in [5, 5.41) is 19.3. The van der Waals surface area contributed by atoms with Gasteiger partial charge in [0, 0.05) is 102 Å². The molecule has 0 spiro atoms. The van der Waals surface area contributed by atoms with E-state index < -0.39 is 69.9 Å². The molecule has 1 unspecified atom stereocenters. The predicted molar refractivity (Wildman–Crippen MR) is 447 cm³/mol. The van der Waals surface area contributed by atoms with Gasteiger partial charge in [0.2, 0.25) is 22.2 Å². The molecule has 0 aliphatic carbocycles. The van der Waals surface area contributed by atoms with Gasteiger partial charge in [-0.05, 0) is 146 Å². The number of aromatic amines is 3. The largest absolute Gasteiger partial charge is 0.497 e. The van der Waals surface area contributed by atoms with Crippen LogP contribution in [0.25, 0.3) is 27.8 Å². The summed E-state index contributed by atoms with van der Waals surface area (Å²) >= 11 is 0. The topological polar surface area (TPSA) is 471 Å². The van der Waals surface area contributed by atoms with Crippen LogP contribution in [0.15, 0.2) is 151 Å². The first-order chi connectivity index (χ1) is 60.5. The van der Waals surface area contributed by atoms with Gasteiger partial charge in [0.05, 0.1) is 76.9 Å². The van der Waals surface area contributed by atoms with Crippen LogP contribution in [-0.2, 0) is 45.2 Å². The lowest BCUT2D eigenvalue weighted by atomic mass is 9.94. The summed E-state index contributed by atoms with van der Waals surface area (Å²) in [5.74, 6) is 22.8. The minimum atomic E-state index is -1.61. The summed E-state index contributed by atoms with van der Waals surface area (Å²) in [4.78, 5) is 193. The van der Waals surface area contributed by atoms with Crippen molar-refractivity contribution in [1.82, 2.24) is 101 Å². The van der Waals surface area contributed by atoms with Gasteiger partial charge >= 0.3 is 29.8 Å². The van der Waals surface area contributed by atoms with E-state index in [0.29, 0.717) is 110 Å². The highest BCUT2D eigenvalue weighted by molar-refractivity contribution is 6.13. The molecule has 4 fully saturated rings. The molecular formula is C89H74N20O17. The molecular weight excluding hydrogens is 1620 g/mol. The summed E-state index contributed by atoms with van der Waals surface area (Å²) in [6.07, 6.45) is 9.05. The van der Waals surface area contributed by atoms with Crippen molar-refractivity contribution >= 4 is 99.2 Å². The molecule has 14 heterocycles. The van der Waals surface area contributed by atoms with Gasteiger partial charge in [0.25, 0.3) is 47.3 Å². The van der Waals surface area contributed by atoms with Crippen LogP contribution in [0.3, 0.4) is 0 Å². The fourth-order valence-electron chi connectivity index (χ4n) is 15.4. The molecule has 0 saturated carbocycles. The summed E-state index contributed by atoms with van der Waals surface area (Å²) < 4.78 is 22.7. The van der Waals surface area contributed by atoms with E-state index in [-0.39, 0.29) is 62.0 Å². The molecule has 8 aliphatic heterocycles. The van der Waals surface area contributed by atoms with Crippen molar-refractivity contribution < 1.29 is 76.5 Å². The molecule has 0 radical (unpaired) electrons. The molecule has 16 amide bonds. The van der Waals surface area contributed by atoms with Crippen molar-refractivity contribution in [3.8, 4) is 70.4 Å².